The van der Waals surface area contributed by atoms with E-state index in [9.17, 15) is 4.79 Å². The maximum atomic E-state index is 12.7. The molecule has 2 heterocycles. The molecule has 3 rings (SSSR count). The van der Waals surface area contributed by atoms with Crippen molar-refractivity contribution in [3.63, 3.8) is 0 Å². The number of rotatable bonds is 4. The van der Waals surface area contributed by atoms with E-state index in [-0.39, 0.29) is 11.4 Å². The van der Waals surface area contributed by atoms with Gasteiger partial charge in [0.25, 0.3) is 0 Å². The van der Waals surface area contributed by atoms with E-state index in [4.69, 9.17) is 9.47 Å². The van der Waals surface area contributed by atoms with E-state index < -0.39 is 0 Å². The van der Waals surface area contributed by atoms with Gasteiger partial charge < -0.3 is 19.7 Å². The number of anilines is 1. The Labute approximate surface area is 143 Å². The fourth-order valence-electron chi connectivity index (χ4n) is 2.43. The molecule has 0 spiro atoms. The highest BCUT2D eigenvalue weighted by Crippen LogP contribution is 2.40. The van der Waals surface area contributed by atoms with Crippen LogP contribution < -0.4 is 14.8 Å². The normalized spacial score (nSPS) is 17.1. The summed E-state index contributed by atoms with van der Waals surface area (Å²) in [6.45, 7) is 0.734. The van der Waals surface area contributed by atoms with Crippen LogP contribution >= 0.6 is 23.1 Å². The van der Waals surface area contributed by atoms with Crippen molar-refractivity contribution in [3.05, 3.63) is 40.6 Å². The van der Waals surface area contributed by atoms with Gasteiger partial charge in [-0.3, -0.25) is 0 Å². The van der Waals surface area contributed by atoms with Gasteiger partial charge in [-0.05, 0) is 23.6 Å². The minimum atomic E-state index is -0.114. The van der Waals surface area contributed by atoms with Crippen LogP contribution in [0.15, 0.2) is 35.7 Å². The molecule has 1 aromatic carbocycles. The maximum absolute atomic E-state index is 12.7. The van der Waals surface area contributed by atoms with Crippen LogP contribution in [0.4, 0.5) is 10.5 Å². The van der Waals surface area contributed by atoms with Crippen LogP contribution in [-0.4, -0.2) is 37.4 Å². The summed E-state index contributed by atoms with van der Waals surface area (Å²) in [6.07, 6.45) is 0. The van der Waals surface area contributed by atoms with E-state index in [1.165, 1.54) is 4.88 Å². The van der Waals surface area contributed by atoms with Gasteiger partial charge in [-0.15, -0.1) is 23.1 Å². The number of thiophene rings is 1. The van der Waals surface area contributed by atoms with E-state index in [0.29, 0.717) is 17.2 Å². The number of urea groups is 1. The fraction of sp³-hybridized carbons (Fsp3) is 0.312. The Morgan fingerprint density at radius 3 is 2.87 bits per heavy atom. The summed E-state index contributed by atoms with van der Waals surface area (Å²) < 4.78 is 10.5. The van der Waals surface area contributed by atoms with Crippen LogP contribution in [0.25, 0.3) is 0 Å². The summed E-state index contributed by atoms with van der Waals surface area (Å²) in [5, 5.41) is 5.07. The Hall–Kier alpha value is -1.86. The highest BCUT2D eigenvalue weighted by Gasteiger charge is 2.31. The third kappa shape index (κ3) is 3.40. The number of amides is 2. The van der Waals surface area contributed by atoms with Crippen molar-refractivity contribution in [2.24, 2.45) is 0 Å². The average Bonchev–Trinajstić information content (AvgIpc) is 3.25. The number of benzene rings is 1. The molecule has 7 heteroatoms. The maximum Gasteiger partial charge on any atom is 0.323 e. The first kappa shape index (κ1) is 16.0. The third-order valence-electron chi connectivity index (χ3n) is 3.59. The Bertz CT molecular complexity index is 676. The minimum Gasteiger partial charge on any atom is -0.497 e. The SMILES string of the molecule is COc1ccc(NC(=O)N2CCSC2c2cccs2)c(OC)c1. The van der Waals surface area contributed by atoms with Gasteiger partial charge in [-0.1, -0.05) is 6.07 Å². The topological polar surface area (TPSA) is 50.8 Å². The molecule has 1 saturated heterocycles. The van der Waals surface area contributed by atoms with Gasteiger partial charge in [0, 0.05) is 23.2 Å². The second kappa shape index (κ2) is 7.14. The van der Waals surface area contributed by atoms with Crippen molar-refractivity contribution in [1.29, 1.82) is 0 Å². The minimum absolute atomic E-state index is 0.0826. The molecule has 1 N–H and O–H groups in total. The first-order valence-corrected chi connectivity index (χ1v) is 9.10. The predicted molar refractivity (Wildman–Crippen MR) is 94.8 cm³/mol. The van der Waals surface area contributed by atoms with Gasteiger partial charge in [0.05, 0.1) is 19.9 Å². The number of hydrogen-bond donors (Lipinski definition) is 1. The van der Waals surface area contributed by atoms with E-state index in [1.54, 1.807) is 55.5 Å². The molecule has 1 aliphatic heterocycles. The van der Waals surface area contributed by atoms with E-state index in [1.807, 2.05) is 16.3 Å². The summed E-state index contributed by atoms with van der Waals surface area (Å²) in [6, 6.07) is 9.32. The molecule has 2 amide bonds. The summed E-state index contributed by atoms with van der Waals surface area (Å²) >= 11 is 3.46. The Kier molecular flexibility index (Phi) is 4.97. The van der Waals surface area contributed by atoms with Gasteiger partial charge in [0.1, 0.15) is 16.9 Å². The van der Waals surface area contributed by atoms with Crippen LogP contribution in [0, 0.1) is 0 Å². The number of methoxy groups -OCH3 is 2. The molecule has 0 radical (unpaired) electrons. The second-order valence-corrected chi connectivity index (χ2v) is 7.10. The number of thioether (sulfide) groups is 1. The summed E-state index contributed by atoms with van der Waals surface area (Å²) in [5.41, 5.74) is 0.639. The van der Waals surface area contributed by atoms with Crippen molar-refractivity contribution in [2.45, 2.75) is 5.37 Å². The summed E-state index contributed by atoms with van der Waals surface area (Å²) in [4.78, 5) is 15.7. The van der Waals surface area contributed by atoms with Crippen LogP contribution in [-0.2, 0) is 0 Å². The lowest BCUT2D eigenvalue weighted by atomic mass is 10.2. The first-order chi connectivity index (χ1) is 11.2. The van der Waals surface area contributed by atoms with Gasteiger partial charge in [0.15, 0.2) is 0 Å². The van der Waals surface area contributed by atoms with E-state index in [2.05, 4.69) is 11.4 Å². The molecule has 0 bridgehead atoms. The molecule has 1 aliphatic rings. The smallest absolute Gasteiger partial charge is 0.323 e. The molecule has 0 aliphatic carbocycles. The Balaban J connectivity index is 1.76. The van der Waals surface area contributed by atoms with E-state index in [0.717, 1.165) is 12.3 Å². The number of nitrogens with one attached hydrogen (secondary N) is 1. The highest BCUT2D eigenvalue weighted by molar-refractivity contribution is 7.99. The standard InChI is InChI=1S/C16H18N2O3S2/c1-20-11-5-6-12(13(10-11)21-2)17-16(19)18-7-9-23-15(18)14-4-3-8-22-14/h3-6,8,10,15H,7,9H2,1-2H3,(H,17,19). The lowest BCUT2D eigenvalue weighted by Gasteiger charge is -2.23. The zero-order valence-corrected chi connectivity index (χ0v) is 14.6. The Morgan fingerprint density at radius 2 is 2.17 bits per heavy atom. The summed E-state index contributed by atoms with van der Waals surface area (Å²) in [7, 11) is 3.17. The van der Waals surface area contributed by atoms with E-state index >= 15 is 0 Å². The molecule has 1 unspecified atom stereocenters. The fourth-order valence-corrected chi connectivity index (χ4v) is 4.67. The monoisotopic (exact) mass is 350 g/mol. The second-order valence-electron chi connectivity index (χ2n) is 4.93. The Morgan fingerprint density at radius 1 is 1.30 bits per heavy atom. The van der Waals surface area contributed by atoms with Crippen molar-refractivity contribution < 1.29 is 14.3 Å². The molecule has 1 fully saturated rings. The molecule has 2 aromatic rings. The average molecular weight is 350 g/mol. The molecule has 0 saturated carbocycles. The number of nitrogens with zero attached hydrogens (tertiary/aromatic N) is 1. The van der Waals surface area contributed by atoms with Gasteiger partial charge in [-0.2, -0.15) is 0 Å². The van der Waals surface area contributed by atoms with Gasteiger partial charge >= 0.3 is 6.03 Å². The van der Waals surface area contributed by atoms with Crippen molar-refractivity contribution in [1.82, 2.24) is 4.90 Å². The molecular formula is C16H18N2O3S2. The van der Waals surface area contributed by atoms with Crippen LogP contribution in [0.3, 0.4) is 0 Å². The largest absolute Gasteiger partial charge is 0.497 e. The zero-order chi connectivity index (χ0) is 16.2. The lowest BCUT2D eigenvalue weighted by Crippen LogP contribution is -2.34. The molecule has 1 aromatic heterocycles. The van der Waals surface area contributed by atoms with Crippen molar-refractivity contribution in [3.8, 4) is 11.5 Å². The van der Waals surface area contributed by atoms with Crippen molar-refractivity contribution >= 4 is 34.8 Å². The molecule has 5 nitrogen and oxygen atoms in total. The van der Waals surface area contributed by atoms with Crippen LogP contribution in [0.5, 0.6) is 11.5 Å². The zero-order valence-electron chi connectivity index (χ0n) is 12.9. The third-order valence-corrected chi connectivity index (χ3v) is 5.91. The molecular weight excluding hydrogens is 332 g/mol. The number of ether oxygens (including phenoxy) is 2. The molecule has 1 atom stereocenters. The van der Waals surface area contributed by atoms with Gasteiger partial charge in [0.2, 0.25) is 0 Å². The quantitative estimate of drug-likeness (QED) is 0.904. The highest BCUT2D eigenvalue weighted by atomic mass is 32.2. The molecule has 122 valence electrons. The number of carbonyl (C=O) groups excluding carboxylic acids is 1. The summed E-state index contributed by atoms with van der Waals surface area (Å²) in [5.74, 6) is 2.21. The number of hydrogen-bond acceptors (Lipinski definition) is 5. The van der Waals surface area contributed by atoms with Crippen molar-refractivity contribution in [2.75, 3.05) is 31.8 Å². The van der Waals surface area contributed by atoms with Crippen LogP contribution in [0.1, 0.15) is 10.3 Å². The predicted octanol–water partition coefficient (Wildman–Crippen LogP) is 4.04. The van der Waals surface area contributed by atoms with Crippen LogP contribution in [0.2, 0.25) is 0 Å². The number of carbonyl (C=O) groups is 1. The van der Waals surface area contributed by atoms with Gasteiger partial charge in [-0.25, -0.2) is 4.79 Å². The molecule has 23 heavy (non-hydrogen) atoms. The lowest BCUT2D eigenvalue weighted by molar-refractivity contribution is 0.214. The first-order valence-electron chi connectivity index (χ1n) is 7.17.